The Morgan fingerprint density at radius 3 is 2.63 bits per heavy atom. The molecule has 1 aromatic carbocycles. The lowest BCUT2D eigenvalue weighted by Crippen LogP contribution is -2.40. The van der Waals surface area contributed by atoms with Gasteiger partial charge in [0, 0.05) is 54.3 Å². The molecule has 8 nitrogen and oxygen atoms in total. The number of Topliss-reactive ketones (excluding diaryl/α,β-unsaturated/α-hetero) is 1. The van der Waals surface area contributed by atoms with Crippen molar-refractivity contribution in [3.05, 3.63) is 76.7 Å². The molecule has 2 aliphatic rings. The molecule has 3 heterocycles. The molecular formula is C27H28F2N4O4S. The number of fused-ring (bicyclic) bond motifs is 1. The number of aromatic nitrogens is 2. The molecule has 1 saturated heterocycles. The Morgan fingerprint density at radius 1 is 1.24 bits per heavy atom. The molecule has 0 spiro atoms. The second kappa shape index (κ2) is 9.95. The highest BCUT2D eigenvalue weighted by Crippen LogP contribution is 2.38. The van der Waals surface area contributed by atoms with Gasteiger partial charge >= 0.3 is 10.2 Å². The number of nitrogens with zero attached hydrogens (tertiary/aromatic N) is 2. The molecule has 2 atom stereocenters. The predicted molar refractivity (Wildman–Crippen MR) is 140 cm³/mol. The fourth-order valence-corrected chi connectivity index (χ4v) is 6.20. The fraction of sp³-hybridized carbons (Fsp3) is 0.333. The van der Waals surface area contributed by atoms with Gasteiger partial charge in [-0.25, -0.2) is 13.8 Å². The van der Waals surface area contributed by atoms with Gasteiger partial charge in [0.05, 0.1) is 18.4 Å². The second-order valence-electron chi connectivity index (χ2n) is 9.71. The van der Waals surface area contributed by atoms with Crippen LogP contribution in [-0.4, -0.2) is 54.8 Å². The van der Waals surface area contributed by atoms with E-state index in [0.29, 0.717) is 11.0 Å². The first-order valence-electron chi connectivity index (χ1n) is 12.3. The van der Waals surface area contributed by atoms with Gasteiger partial charge in [0.1, 0.15) is 17.6 Å². The van der Waals surface area contributed by atoms with E-state index < -0.39 is 33.9 Å². The summed E-state index contributed by atoms with van der Waals surface area (Å²) in [5, 5.41) is 0.496. The number of nitrogens with one attached hydrogen (secondary N) is 2. The molecule has 1 fully saturated rings. The van der Waals surface area contributed by atoms with Crippen molar-refractivity contribution < 1.29 is 26.7 Å². The van der Waals surface area contributed by atoms with E-state index in [1.807, 2.05) is 37.3 Å². The molecule has 200 valence electrons. The molecule has 0 radical (unpaired) electrons. The van der Waals surface area contributed by atoms with Crippen molar-refractivity contribution in [3.63, 3.8) is 0 Å². The van der Waals surface area contributed by atoms with E-state index in [0.717, 1.165) is 21.0 Å². The third-order valence-electron chi connectivity index (χ3n) is 6.96. The fourth-order valence-electron chi connectivity index (χ4n) is 4.88. The van der Waals surface area contributed by atoms with Crippen LogP contribution in [0.25, 0.3) is 22.2 Å². The molecule has 38 heavy (non-hydrogen) atoms. The number of rotatable bonds is 7. The lowest BCUT2D eigenvalue weighted by atomic mass is 9.88. The minimum Gasteiger partial charge on any atom is -0.494 e. The number of hydrogen-bond donors (Lipinski definition) is 2. The normalized spacial score (nSPS) is 20.9. The number of halogens is 2. The van der Waals surface area contributed by atoms with Gasteiger partial charge in [-0.15, -0.1) is 0 Å². The molecular weight excluding hydrogens is 514 g/mol. The highest BCUT2D eigenvalue weighted by molar-refractivity contribution is 7.87. The molecule has 2 aromatic heterocycles. The maximum atomic E-state index is 15.5. The molecule has 5 rings (SSSR count). The van der Waals surface area contributed by atoms with Crippen molar-refractivity contribution in [3.8, 4) is 11.1 Å². The van der Waals surface area contributed by atoms with Crippen LogP contribution in [0.4, 0.5) is 8.78 Å². The topological polar surface area (TPSA) is 104 Å². The van der Waals surface area contributed by atoms with Crippen LogP contribution in [0.2, 0.25) is 0 Å². The van der Waals surface area contributed by atoms with E-state index in [2.05, 4.69) is 14.7 Å². The smallest absolute Gasteiger partial charge is 0.301 e. The standard InChI is InChI=1S/C27H28F2N4O4S/c1-15-4-6-17(7-5-15)18-11-20-21(13-31-27(20)30-12-18)25(34)23-24(29)16(2)10-22(26(23)37-3)32-38(35,36)33-9-8-19(28)14-33/h4-7,11-13,16,19,32H,8-10,14H2,1-3H3,(H,30,31)/t16?,19-/m1/s1. The van der Waals surface area contributed by atoms with Gasteiger partial charge in [-0.05, 0) is 25.0 Å². The largest absolute Gasteiger partial charge is 0.494 e. The first-order valence-corrected chi connectivity index (χ1v) is 13.7. The average molecular weight is 543 g/mol. The lowest BCUT2D eigenvalue weighted by Gasteiger charge is -2.27. The number of aromatic amines is 1. The summed E-state index contributed by atoms with van der Waals surface area (Å²) in [5.74, 6) is -2.34. The third-order valence-corrected chi connectivity index (χ3v) is 8.48. The van der Waals surface area contributed by atoms with Gasteiger partial charge in [0.15, 0.2) is 5.76 Å². The van der Waals surface area contributed by atoms with Crippen molar-refractivity contribution in [1.29, 1.82) is 0 Å². The van der Waals surface area contributed by atoms with Crippen molar-refractivity contribution >= 4 is 27.0 Å². The highest BCUT2D eigenvalue weighted by Gasteiger charge is 2.38. The van der Waals surface area contributed by atoms with Crippen molar-refractivity contribution in [2.24, 2.45) is 5.92 Å². The Bertz CT molecular complexity index is 1580. The maximum Gasteiger partial charge on any atom is 0.301 e. The highest BCUT2D eigenvalue weighted by atomic mass is 32.2. The van der Waals surface area contributed by atoms with Crippen LogP contribution < -0.4 is 4.72 Å². The van der Waals surface area contributed by atoms with E-state index in [9.17, 15) is 17.6 Å². The van der Waals surface area contributed by atoms with Gasteiger partial charge in [-0.3, -0.25) is 9.52 Å². The van der Waals surface area contributed by atoms with Crippen LogP contribution in [0.15, 0.2) is 65.6 Å². The average Bonchev–Trinajstić information content (AvgIpc) is 3.52. The summed E-state index contributed by atoms with van der Waals surface area (Å²) in [6, 6.07) is 9.66. The number of pyridine rings is 1. The van der Waals surface area contributed by atoms with Crippen LogP contribution >= 0.6 is 0 Å². The number of carbonyl (C=O) groups is 1. The van der Waals surface area contributed by atoms with Crippen LogP contribution in [0.1, 0.15) is 35.7 Å². The van der Waals surface area contributed by atoms with Crippen molar-refractivity contribution in [2.45, 2.75) is 32.9 Å². The number of carbonyl (C=O) groups excluding carboxylic acids is 1. The number of aryl methyl sites for hydroxylation is 1. The molecule has 0 saturated carbocycles. The molecule has 0 amide bonds. The summed E-state index contributed by atoms with van der Waals surface area (Å²) in [6.07, 6.45) is 1.97. The number of ether oxygens (including phenoxy) is 1. The van der Waals surface area contributed by atoms with Crippen LogP contribution in [0.3, 0.4) is 0 Å². The van der Waals surface area contributed by atoms with Gasteiger partial charge in [-0.2, -0.15) is 12.7 Å². The van der Waals surface area contributed by atoms with Crippen LogP contribution in [-0.2, 0) is 14.9 Å². The minimum atomic E-state index is -4.12. The molecule has 1 aliphatic carbocycles. The first kappa shape index (κ1) is 26.1. The van der Waals surface area contributed by atoms with E-state index in [1.165, 1.54) is 13.3 Å². The van der Waals surface area contributed by atoms with Gasteiger partial charge in [0.25, 0.3) is 0 Å². The number of ketones is 1. The molecule has 1 aliphatic heterocycles. The third kappa shape index (κ3) is 4.71. The predicted octanol–water partition coefficient (Wildman–Crippen LogP) is 4.72. The molecule has 0 bridgehead atoms. The van der Waals surface area contributed by atoms with Crippen molar-refractivity contribution in [2.75, 3.05) is 20.2 Å². The Hall–Kier alpha value is -3.57. The Labute approximate surface area is 219 Å². The molecule has 3 aromatic rings. The number of benzene rings is 1. The van der Waals surface area contributed by atoms with Gasteiger partial charge < -0.3 is 9.72 Å². The quantitative estimate of drug-likeness (QED) is 0.421. The Morgan fingerprint density at radius 2 is 1.97 bits per heavy atom. The SMILES string of the molecule is COC1=C(NS(=O)(=O)N2CC[C@@H](F)C2)CC(C)C(F)=C1C(=O)c1c[nH]c2ncc(-c3ccc(C)cc3)cc12. The number of H-pyrrole nitrogens is 1. The zero-order valence-electron chi connectivity index (χ0n) is 21.2. The van der Waals surface area contributed by atoms with Crippen molar-refractivity contribution in [1.82, 2.24) is 19.0 Å². The van der Waals surface area contributed by atoms with E-state index in [4.69, 9.17) is 4.74 Å². The number of methoxy groups -OCH3 is 1. The Balaban J connectivity index is 1.54. The zero-order valence-corrected chi connectivity index (χ0v) is 22.0. The summed E-state index contributed by atoms with van der Waals surface area (Å²) in [4.78, 5) is 21.2. The zero-order chi connectivity index (χ0) is 27.2. The van der Waals surface area contributed by atoms with Crippen LogP contribution in [0.5, 0.6) is 0 Å². The molecule has 1 unspecified atom stereocenters. The summed E-state index contributed by atoms with van der Waals surface area (Å²) in [5.41, 5.74) is 3.12. The van der Waals surface area contributed by atoms with Gasteiger partial charge in [0.2, 0.25) is 5.78 Å². The van der Waals surface area contributed by atoms with E-state index >= 15 is 4.39 Å². The molecule has 11 heteroatoms. The minimum absolute atomic E-state index is 0.0310. The van der Waals surface area contributed by atoms with Gasteiger partial charge in [-0.1, -0.05) is 36.8 Å². The summed E-state index contributed by atoms with van der Waals surface area (Å²) >= 11 is 0. The molecule has 2 N–H and O–H groups in total. The Kier molecular flexibility index (Phi) is 6.83. The lowest BCUT2D eigenvalue weighted by molar-refractivity contribution is 0.102. The summed E-state index contributed by atoms with van der Waals surface area (Å²) in [7, 11) is -2.87. The monoisotopic (exact) mass is 542 g/mol. The number of alkyl halides is 1. The first-order chi connectivity index (χ1) is 18.1. The van der Waals surface area contributed by atoms with Crippen LogP contribution in [0, 0.1) is 12.8 Å². The number of hydrogen-bond acceptors (Lipinski definition) is 5. The maximum absolute atomic E-state index is 15.5. The second-order valence-corrected chi connectivity index (χ2v) is 11.4. The summed E-state index contributed by atoms with van der Waals surface area (Å²) < 4.78 is 63.9. The van der Waals surface area contributed by atoms with E-state index in [1.54, 1.807) is 13.1 Å². The van der Waals surface area contributed by atoms with E-state index in [-0.39, 0.29) is 48.5 Å². The summed E-state index contributed by atoms with van der Waals surface area (Å²) in [6.45, 7) is 3.31. The number of allylic oxidation sites excluding steroid dienone is 3.